The standard InChI is InChI=1S/C16H16FN5S/c1-8-11(17)7-19-14(20-8)22-15-21-12-10-6-18-5-9(10)4-16(2,3)13(12)23-15/h6-7H,4-5H2,1-3H3,(H,19,20,21,22). The van der Waals surface area contributed by atoms with Crippen LogP contribution in [0.3, 0.4) is 0 Å². The van der Waals surface area contributed by atoms with Crippen LogP contribution in [0.15, 0.2) is 16.8 Å². The fourth-order valence-electron chi connectivity index (χ4n) is 3.04. The van der Waals surface area contributed by atoms with Gasteiger partial charge in [0.25, 0.3) is 0 Å². The Balaban J connectivity index is 1.73. The van der Waals surface area contributed by atoms with Crippen LogP contribution in [0.2, 0.25) is 0 Å². The number of nitrogens with zero attached hydrogens (tertiary/aromatic N) is 4. The summed E-state index contributed by atoms with van der Waals surface area (Å²) in [4.78, 5) is 18.4. The predicted octanol–water partition coefficient (Wildman–Crippen LogP) is 3.64. The Morgan fingerprint density at radius 2 is 2.13 bits per heavy atom. The first kappa shape index (κ1) is 14.4. The first-order valence-corrected chi connectivity index (χ1v) is 8.25. The van der Waals surface area contributed by atoms with E-state index in [0.29, 0.717) is 11.6 Å². The van der Waals surface area contributed by atoms with Gasteiger partial charge in [-0.05, 0) is 18.9 Å². The minimum absolute atomic E-state index is 0.0407. The lowest BCUT2D eigenvalue weighted by Crippen LogP contribution is -2.22. The largest absolute Gasteiger partial charge is 0.300 e. The molecule has 23 heavy (non-hydrogen) atoms. The second kappa shape index (κ2) is 4.92. The highest BCUT2D eigenvalue weighted by Crippen LogP contribution is 2.47. The van der Waals surface area contributed by atoms with Gasteiger partial charge in [0.2, 0.25) is 5.95 Å². The van der Waals surface area contributed by atoms with E-state index in [-0.39, 0.29) is 5.41 Å². The van der Waals surface area contributed by atoms with Crippen molar-refractivity contribution in [2.75, 3.05) is 11.9 Å². The zero-order valence-corrected chi connectivity index (χ0v) is 14.0. The summed E-state index contributed by atoms with van der Waals surface area (Å²) in [5.41, 5.74) is 3.87. The molecule has 2 aromatic heterocycles. The molecule has 0 saturated heterocycles. The first-order chi connectivity index (χ1) is 10.9. The summed E-state index contributed by atoms with van der Waals surface area (Å²) in [5.74, 6) is -0.0471. The molecule has 7 heteroatoms. The van der Waals surface area contributed by atoms with Crippen LogP contribution >= 0.6 is 11.3 Å². The van der Waals surface area contributed by atoms with Crippen LogP contribution < -0.4 is 5.32 Å². The summed E-state index contributed by atoms with van der Waals surface area (Å²) >= 11 is 1.60. The molecule has 1 N–H and O–H groups in total. The number of aryl methyl sites for hydroxylation is 1. The number of nitrogens with one attached hydrogen (secondary N) is 1. The van der Waals surface area contributed by atoms with Crippen molar-refractivity contribution in [3.8, 4) is 0 Å². The fraction of sp³-hybridized carbons (Fsp3) is 0.375. The van der Waals surface area contributed by atoms with Crippen molar-refractivity contribution in [2.24, 2.45) is 4.99 Å². The van der Waals surface area contributed by atoms with Crippen molar-refractivity contribution in [1.29, 1.82) is 0 Å². The van der Waals surface area contributed by atoms with E-state index >= 15 is 0 Å². The Bertz CT molecular complexity index is 865. The third kappa shape index (κ3) is 2.35. The van der Waals surface area contributed by atoms with Crippen molar-refractivity contribution in [2.45, 2.75) is 32.6 Å². The molecule has 2 aliphatic rings. The molecule has 2 aromatic rings. The van der Waals surface area contributed by atoms with Crippen LogP contribution in [-0.2, 0) is 5.41 Å². The number of hydrogen-bond donors (Lipinski definition) is 1. The number of aromatic nitrogens is 3. The quantitative estimate of drug-likeness (QED) is 0.913. The SMILES string of the molecule is Cc1nc(Nc2nc3c(s2)C(C)(C)CC2=C3C=NC2)ncc1F. The van der Waals surface area contributed by atoms with Gasteiger partial charge in [-0.15, -0.1) is 11.3 Å². The van der Waals surface area contributed by atoms with E-state index in [2.05, 4.69) is 34.1 Å². The molecule has 0 fully saturated rings. The van der Waals surface area contributed by atoms with Gasteiger partial charge in [-0.3, -0.25) is 4.99 Å². The van der Waals surface area contributed by atoms with Gasteiger partial charge < -0.3 is 5.32 Å². The second-order valence-corrected chi connectivity index (χ2v) is 7.50. The Morgan fingerprint density at radius 1 is 1.30 bits per heavy atom. The maximum atomic E-state index is 13.3. The molecule has 1 aliphatic carbocycles. The van der Waals surface area contributed by atoms with Crippen LogP contribution in [0.1, 0.15) is 36.5 Å². The molecule has 0 unspecified atom stereocenters. The Morgan fingerprint density at radius 3 is 2.91 bits per heavy atom. The minimum Gasteiger partial charge on any atom is -0.300 e. The van der Waals surface area contributed by atoms with Crippen LogP contribution in [0.25, 0.3) is 5.57 Å². The summed E-state index contributed by atoms with van der Waals surface area (Å²) in [6.07, 6.45) is 4.10. The molecule has 0 amide bonds. The molecule has 0 bridgehead atoms. The lowest BCUT2D eigenvalue weighted by molar-refractivity contribution is 0.520. The summed E-state index contributed by atoms with van der Waals surface area (Å²) in [5, 5.41) is 3.82. The highest BCUT2D eigenvalue weighted by molar-refractivity contribution is 7.16. The molecule has 0 radical (unpaired) electrons. The van der Waals surface area contributed by atoms with Gasteiger partial charge in [0, 0.05) is 22.1 Å². The molecule has 3 heterocycles. The predicted molar refractivity (Wildman–Crippen MR) is 90.0 cm³/mol. The minimum atomic E-state index is -0.410. The summed E-state index contributed by atoms with van der Waals surface area (Å²) < 4.78 is 13.3. The zero-order chi connectivity index (χ0) is 16.2. The Hall–Kier alpha value is -2.15. The Kier molecular flexibility index (Phi) is 3.09. The molecule has 0 aromatic carbocycles. The Labute approximate surface area is 137 Å². The second-order valence-electron chi connectivity index (χ2n) is 6.50. The van der Waals surface area contributed by atoms with Crippen molar-refractivity contribution in [1.82, 2.24) is 15.0 Å². The van der Waals surface area contributed by atoms with E-state index in [9.17, 15) is 4.39 Å². The molecular formula is C16H16FN5S. The molecule has 5 nitrogen and oxygen atoms in total. The number of allylic oxidation sites excluding steroid dienone is 1. The highest BCUT2D eigenvalue weighted by atomic mass is 32.1. The van der Waals surface area contributed by atoms with Crippen LogP contribution in [0, 0.1) is 12.7 Å². The van der Waals surface area contributed by atoms with E-state index in [1.165, 1.54) is 16.6 Å². The van der Waals surface area contributed by atoms with Gasteiger partial charge >= 0.3 is 0 Å². The smallest absolute Gasteiger partial charge is 0.229 e. The van der Waals surface area contributed by atoms with Gasteiger partial charge in [0.15, 0.2) is 10.9 Å². The zero-order valence-electron chi connectivity index (χ0n) is 13.1. The summed E-state index contributed by atoms with van der Waals surface area (Å²) in [6.45, 7) is 6.85. The van der Waals surface area contributed by atoms with Gasteiger partial charge in [-0.1, -0.05) is 13.8 Å². The molecule has 4 rings (SSSR count). The van der Waals surface area contributed by atoms with Crippen molar-refractivity contribution in [3.63, 3.8) is 0 Å². The van der Waals surface area contributed by atoms with Gasteiger partial charge in [-0.2, -0.15) is 0 Å². The molecule has 118 valence electrons. The topological polar surface area (TPSA) is 63.1 Å². The average molecular weight is 329 g/mol. The summed E-state index contributed by atoms with van der Waals surface area (Å²) in [6, 6.07) is 0. The molecule has 0 saturated carbocycles. The van der Waals surface area contributed by atoms with Gasteiger partial charge in [0.05, 0.1) is 24.1 Å². The first-order valence-electron chi connectivity index (χ1n) is 7.44. The average Bonchev–Trinajstić information content (AvgIpc) is 3.09. The van der Waals surface area contributed by atoms with Crippen LogP contribution in [0.4, 0.5) is 15.5 Å². The van der Waals surface area contributed by atoms with E-state index in [0.717, 1.165) is 29.4 Å². The molecule has 1 aliphatic heterocycles. The number of aliphatic imine (C=N–C) groups is 1. The van der Waals surface area contributed by atoms with Gasteiger partial charge in [0.1, 0.15) is 0 Å². The third-order valence-corrected chi connectivity index (χ3v) is 5.51. The summed E-state index contributed by atoms with van der Waals surface area (Å²) in [7, 11) is 0. The normalized spacial score (nSPS) is 18.1. The van der Waals surface area contributed by atoms with Gasteiger partial charge in [-0.25, -0.2) is 19.3 Å². The number of fused-ring (bicyclic) bond motifs is 2. The van der Waals surface area contributed by atoms with E-state index in [4.69, 9.17) is 4.98 Å². The van der Waals surface area contributed by atoms with Crippen molar-refractivity contribution < 1.29 is 4.39 Å². The van der Waals surface area contributed by atoms with Crippen molar-refractivity contribution in [3.05, 3.63) is 33.9 Å². The van der Waals surface area contributed by atoms with E-state index in [1.54, 1.807) is 18.3 Å². The monoisotopic (exact) mass is 329 g/mol. The molecule has 0 atom stereocenters. The number of hydrogen-bond acceptors (Lipinski definition) is 6. The molecular weight excluding hydrogens is 313 g/mol. The number of thiazole rings is 1. The highest BCUT2D eigenvalue weighted by Gasteiger charge is 2.36. The van der Waals surface area contributed by atoms with E-state index < -0.39 is 5.82 Å². The lowest BCUT2D eigenvalue weighted by Gasteiger charge is -2.29. The maximum Gasteiger partial charge on any atom is 0.229 e. The number of halogens is 1. The number of rotatable bonds is 2. The fourth-order valence-corrected chi connectivity index (χ4v) is 4.11. The third-order valence-electron chi connectivity index (χ3n) is 4.17. The maximum absolute atomic E-state index is 13.3. The molecule has 0 spiro atoms. The number of anilines is 2. The van der Waals surface area contributed by atoms with Crippen LogP contribution in [0.5, 0.6) is 0 Å². The lowest BCUT2D eigenvalue weighted by atomic mass is 9.77. The van der Waals surface area contributed by atoms with Crippen molar-refractivity contribution >= 4 is 34.2 Å². The van der Waals surface area contributed by atoms with E-state index in [1.807, 2.05) is 6.21 Å². The van der Waals surface area contributed by atoms with Crippen LogP contribution in [-0.4, -0.2) is 27.7 Å².